The quantitative estimate of drug-likeness (QED) is 0.911. The van der Waals surface area contributed by atoms with E-state index in [4.69, 9.17) is 5.11 Å². The van der Waals surface area contributed by atoms with Crippen molar-refractivity contribution in [1.29, 1.82) is 0 Å². The molecule has 1 aromatic carbocycles. The van der Waals surface area contributed by atoms with Crippen molar-refractivity contribution in [3.8, 4) is 11.3 Å². The minimum atomic E-state index is -1.05. The molecule has 6 nitrogen and oxygen atoms in total. The smallest absolute Gasteiger partial charge is 0.356 e. The van der Waals surface area contributed by atoms with E-state index in [0.29, 0.717) is 12.1 Å². The number of anilines is 1. The zero-order valence-electron chi connectivity index (χ0n) is 11.8. The van der Waals surface area contributed by atoms with Crippen molar-refractivity contribution in [3.05, 3.63) is 35.5 Å². The summed E-state index contributed by atoms with van der Waals surface area (Å²) in [5.74, 6) is -0.960. The van der Waals surface area contributed by atoms with Gasteiger partial charge in [-0.25, -0.2) is 4.79 Å². The Kier molecular flexibility index (Phi) is 3.01. The molecule has 0 saturated heterocycles. The van der Waals surface area contributed by atoms with Crippen LogP contribution in [0.4, 0.5) is 5.69 Å². The number of rotatable bonds is 2. The van der Waals surface area contributed by atoms with Gasteiger partial charge < -0.3 is 10.0 Å². The van der Waals surface area contributed by atoms with Crippen LogP contribution in [-0.4, -0.2) is 33.8 Å². The Labute approximate surface area is 121 Å². The first-order valence-corrected chi connectivity index (χ1v) is 6.64. The number of aromatic nitrogens is 2. The lowest BCUT2D eigenvalue weighted by atomic mass is 9.98. The molecule has 0 aliphatic carbocycles. The van der Waals surface area contributed by atoms with Crippen LogP contribution in [0.15, 0.2) is 24.3 Å². The van der Waals surface area contributed by atoms with Gasteiger partial charge in [0.15, 0.2) is 5.69 Å². The lowest BCUT2D eigenvalue weighted by Gasteiger charge is -2.26. The second kappa shape index (κ2) is 4.73. The van der Waals surface area contributed by atoms with Gasteiger partial charge in [-0.2, -0.15) is 5.10 Å². The standard InChI is InChI=1S/C15H15N3O3/c1-17-12-7-10(4-3-9(12)5-6-14(17)19)13-8-11(15(20)21)16-18(13)2/h3-4,7-8H,5-6H2,1-2H3,(H,20,21). The number of fused-ring (bicyclic) bond motifs is 1. The maximum absolute atomic E-state index is 11.8. The largest absolute Gasteiger partial charge is 0.476 e. The van der Waals surface area contributed by atoms with Gasteiger partial charge in [0, 0.05) is 31.8 Å². The molecule has 2 aromatic rings. The van der Waals surface area contributed by atoms with Crippen molar-refractivity contribution >= 4 is 17.6 Å². The molecule has 0 radical (unpaired) electrons. The third-order valence-corrected chi connectivity index (χ3v) is 3.82. The molecule has 0 bridgehead atoms. The first-order valence-electron chi connectivity index (χ1n) is 6.64. The summed E-state index contributed by atoms with van der Waals surface area (Å²) in [5, 5.41) is 13.0. The second-order valence-corrected chi connectivity index (χ2v) is 5.14. The van der Waals surface area contributed by atoms with Crippen LogP contribution in [0.25, 0.3) is 11.3 Å². The van der Waals surface area contributed by atoms with Crippen LogP contribution in [0.1, 0.15) is 22.5 Å². The van der Waals surface area contributed by atoms with Gasteiger partial charge >= 0.3 is 5.97 Å². The zero-order chi connectivity index (χ0) is 15.1. The van der Waals surface area contributed by atoms with Crippen molar-refractivity contribution < 1.29 is 14.7 Å². The molecule has 0 spiro atoms. The fourth-order valence-electron chi connectivity index (χ4n) is 2.63. The van der Waals surface area contributed by atoms with E-state index in [1.807, 2.05) is 18.2 Å². The predicted octanol–water partition coefficient (Wildman–Crippen LogP) is 1.69. The Hall–Kier alpha value is -2.63. The monoisotopic (exact) mass is 285 g/mol. The number of nitrogens with zero attached hydrogens (tertiary/aromatic N) is 3. The number of aromatic carboxylic acids is 1. The van der Waals surface area contributed by atoms with Gasteiger partial charge in [-0.15, -0.1) is 0 Å². The van der Waals surface area contributed by atoms with Crippen LogP contribution < -0.4 is 4.90 Å². The maximum Gasteiger partial charge on any atom is 0.356 e. The number of hydrogen-bond acceptors (Lipinski definition) is 3. The lowest BCUT2D eigenvalue weighted by molar-refractivity contribution is -0.118. The molecule has 0 atom stereocenters. The minimum absolute atomic E-state index is 0.00894. The van der Waals surface area contributed by atoms with Crippen molar-refractivity contribution in [2.24, 2.45) is 7.05 Å². The van der Waals surface area contributed by atoms with E-state index in [9.17, 15) is 9.59 Å². The Balaban J connectivity index is 2.08. The molecule has 0 fully saturated rings. The number of carboxylic acids is 1. The predicted molar refractivity (Wildman–Crippen MR) is 77.3 cm³/mol. The average Bonchev–Trinajstić information content (AvgIpc) is 2.85. The van der Waals surface area contributed by atoms with E-state index in [1.54, 1.807) is 19.0 Å². The van der Waals surface area contributed by atoms with Crippen LogP contribution in [0, 0.1) is 0 Å². The number of carbonyl (C=O) groups excluding carboxylic acids is 1. The van der Waals surface area contributed by atoms with Crippen LogP contribution in [0.5, 0.6) is 0 Å². The van der Waals surface area contributed by atoms with Gasteiger partial charge in [0.2, 0.25) is 5.91 Å². The minimum Gasteiger partial charge on any atom is -0.476 e. The summed E-state index contributed by atoms with van der Waals surface area (Å²) >= 11 is 0. The molecule has 21 heavy (non-hydrogen) atoms. The van der Waals surface area contributed by atoms with Gasteiger partial charge in [0.25, 0.3) is 0 Å². The number of hydrogen-bond donors (Lipinski definition) is 1. The molecule has 6 heteroatoms. The molecule has 2 heterocycles. The van der Waals surface area contributed by atoms with Gasteiger partial charge in [-0.3, -0.25) is 9.48 Å². The molecule has 1 aromatic heterocycles. The summed E-state index contributed by atoms with van der Waals surface area (Å²) in [7, 11) is 3.46. The Morgan fingerprint density at radius 1 is 1.24 bits per heavy atom. The van der Waals surface area contributed by atoms with E-state index in [2.05, 4.69) is 5.10 Å². The highest BCUT2D eigenvalue weighted by Crippen LogP contribution is 2.31. The number of aryl methyl sites for hydroxylation is 2. The lowest BCUT2D eigenvalue weighted by Crippen LogP contribution is -2.31. The molecule has 1 amide bonds. The highest BCUT2D eigenvalue weighted by atomic mass is 16.4. The van der Waals surface area contributed by atoms with Gasteiger partial charge in [-0.05, 0) is 24.1 Å². The normalized spacial score (nSPS) is 14.2. The molecular weight excluding hydrogens is 270 g/mol. The molecule has 108 valence electrons. The molecule has 1 N–H and O–H groups in total. The molecule has 1 aliphatic rings. The molecular formula is C15H15N3O3. The Morgan fingerprint density at radius 2 is 2.00 bits per heavy atom. The van der Waals surface area contributed by atoms with Crippen LogP contribution in [-0.2, 0) is 18.3 Å². The van der Waals surface area contributed by atoms with Gasteiger partial charge in [-0.1, -0.05) is 12.1 Å². The number of carboxylic acid groups (broad SMARTS) is 1. The Bertz CT molecular complexity index is 749. The Morgan fingerprint density at radius 3 is 2.67 bits per heavy atom. The topological polar surface area (TPSA) is 75.4 Å². The maximum atomic E-state index is 11.8. The first kappa shape index (κ1) is 13.4. The SMILES string of the molecule is CN1C(=O)CCc2ccc(-c3cc(C(=O)O)nn3C)cc21. The fraction of sp³-hybridized carbons (Fsp3) is 0.267. The summed E-state index contributed by atoms with van der Waals surface area (Å²) in [6.45, 7) is 0. The van der Waals surface area contributed by atoms with E-state index in [0.717, 1.165) is 23.2 Å². The average molecular weight is 285 g/mol. The second-order valence-electron chi connectivity index (χ2n) is 5.14. The first-order chi connectivity index (χ1) is 9.97. The van der Waals surface area contributed by atoms with Crippen molar-refractivity contribution in [2.45, 2.75) is 12.8 Å². The summed E-state index contributed by atoms with van der Waals surface area (Å²) in [5.41, 5.74) is 3.57. The van der Waals surface area contributed by atoms with Crippen molar-refractivity contribution in [2.75, 3.05) is 11.9 Å². The van der Waals surface area contributed by atoms with Crippen molar-refractivity contribution in [3.63, 3.8) is 0 Å². The summed E-state index contributed by atoms with van der Waals surface area (Å²) in [4.78, 5) is 24.4. The van der Waals surface area contributed by atoms with E-state index < -0.39 is 5.97 Å². The van der Waals surface area contributed by atoms with Crippen LogP contribution >= 0.6 is 0 Å². The third-order valence-electron chi connectivity index (χ3n) is 3.82. The highest BCUT2D eigenvalue weighted by Gasteiger charge is 2.22. The zero-order valence-corrected chi connectivity index (χ0v) is 11.8. The van der Waals surface area contributed by atoms with Crippen LogP contribution in [0.3, 0.4) is 0 Å². The van der Waals surface area contributed by atoms with E-state index in [-0.39, 0.29) is 11.6 Å². The molecule has 0 saturated carbocycles. The number of carbonyl (C=O) groups is 2. The van der Waals surface area contributed by atoms with Crippen molar-refractivity contribution in [1.82, 2.24) is 9.78 Å². The fourth-order valence-corrected chi connectivity index (χ4v) is 2.63. The summed E-state index contributed by atoms with van der Waals surface area (Å²) in [6.07, 6.45) is 1.27. The number of benzene rings is 1. The molecule has 0 unspecified atom stereocenters. The molecule has 3 rings (SSSR count). The highest BCUT2D eigenvalue weighted by molar-refractivity contribution is 5.96. The summed E-state index contributed by atoms with van der Waals surface area (Å²) in [6, 6.07) is 7.37. The van der Waals surface area contributed by atoms with Gasteiger partial charge in [0.05, 0.1) is 5.69 Å². The third kappa shape index (κ3) is 2.18. The van der Waals surface area contributed by atoms with Crippen LogP contribution in [0.2, 0.25) is 0 Å². The van der Waals surface area contributed by atoms with E-state index in [1.165, 1.54) is 10.7 Å². The number of amides is 1. The molecule has 1 aliphatic heterocycles. The summed E-state index contributed by atoms with van der Waals surface area (Å²) < 4.78 is 1.54. The van der Waals surface area contributed by atoms with E-state index >= 15 is 0 Å². The van der Waals surface area contributed by atoms with Gasteiger partial charge in [0.1, 0.15) is 0 Å².